The first-order chi connectivity index (χ1) is 11.5. The van der Waals surface area contributed by atoms with Gasteiger partial charge in [-0.1, -0.05) is 18.2 Å². The Labute approximate surface area is 142 Å². The van der Waals surface area contributed by atoms with Crippen LogP contribution < -0.4 is 10.6 Å². The number of amides is 4. The predicted octanol–water partition coefficient (Wildman–Crippen LogP) is 1.13. The molecule has 1 aliphatic rings. The van der Waals surface area contributed by atoms with Gasteiger partial charge in [0.25, 0.3) is 0 Å². The maximum Gasteiger partial charge on any atom is 0.319 e. The van der Waals surface area contributed by atoms with Crippen molar-refractivity contribution in [1.82, 2.24) is 15.1 Å². The Morgan fingerprint density at radius 3 is 2.29 bits per heavy atom. The fourth-order valence-corrected chi connectivity index (χ4v) is 2.64. The quantitative estimate of drug-likeness (QED) is 0.814. The van der Waals surface area contributed by atoms with Gasteiger partial charge in [0, 0.05) is 39.4 Å². The number of anilines is 1. The van der Waals surface area contributed by atoms with Crippen molar-refractivity contribution in [1.29, 1.82) is 0 Å². The van der Waals surface area contributed by atoms with Gasteiger partial charge in [0.1, 0.15) is 0 Å². The molecule has 1 saturated heterocycles. The lowest BCUT2D eigenvalue weighted by Crippen LogP contribution is -2.46. The Hall–Kier alpha value is -2.57. The molecular formula is C17H24N4O3. The average Bonchev–Trinajstić information content (AvgIpc) is 2.60. The zero-order chi connectivity index (χ0) is 17.5. The van der Waals surface area contributed by atoms with E-state index >= 15 is 0 Å². The molecule has 0 aromatic heterocycles. The third-order valence-electron chi connectivity index (χ3n) is 4.06. The number of piperidine rings is 1. The van der Waals surface area contributed by atoms with Crippen molar-refractivity contribution >= 4 is 23.5 Å². The van der Waals surface area contributed by atoms with Gasteiger partial charge < -0.3 is 20.4 Å². The Bertz CT molecular complexity index is 581. The summed E-state index contributed by atoms with van der Waals surface area (Å²) in [5, 5.41) is 5.23. The van der Waals surface area contributed by atoms with Gasteiger partial charge in [-0.05, 0) is 30.9 Å². The lowest BCUT2D eigenvalue weighted by atomic mass is 9.97. The number of benzene rings is 1. The van der Waals surface area contributed by atoms with Crippen LogP contribution in [0.15, 0.2) is 30.3 Å². The number of carbonyl (C=O) groups excluding carboxylic acids is 3. The molecule has 1 aromatic rings. The summed E-state index contributed by atoms with van der Waals surface area (Å²) in [5.41, 5.74) is 0.591. The number of likely N-dealkylation sites (tertiary alicyclic amines) is 1. The lowest BCUT2D eigenvalue weighted by Gasteiger charge is -2.33. The van der Waals surface area contributed by atoms with Gasteiger partial charge in [0.15, 0.2) is 0 Å². The van der Waals surface area contributed by atoms with Crippen molar-refractivity contribution in [2.45, 2.75) is 12.8 Å². The van der Waals surface area contributed by atoms with E-state index in [1.54, 1.807) is 48.2 Å². The molecule has 1 aliphatic heterocycles. The molecule has 7 nitrogen and oxygen atoms in total. The van der Waals surface area contributed by atoms with Crippen LogP contribution in [0.1, 0.15) is 12.8 Å². The Morgan fingerprint density at radius 1 is 1.08 bits per heavy atom. The van der Waals surface area contributed by atoms with Crippen molar-refractivity contribution in [2.24, 2.45) is 5.92 Å². The summed E-state index contributed by atoms with van der Waals surface area (Å²) in [6.07, 6.45) is 1.64. The maximum atomic E-state index is 11.9. The zero-order valence-electron chi connectivity index (χ0n) is 14.1. The van der Waals surface area contributed by atoms with Crippen molar-refractivity contribution in [2.75, 3.05) is 39.0 Å². The Morgan fingerprint density at radius 2 is 1.71 bits per heavy atom. The van der Waals surface area contributed by atoms with Crippen LogP contribution in [0.3, 0.4) is 0 Å². The molecule has 0 unspecified atom stereocenters. The van der Waals surface area contributed by atoms with Gasteiger partial charge >= 0.3 is 17.8 Å². The van der Waals surface area contributed by atoms with E-state index in [-0.39, 0.29) is 11.9 Å². The Balaban J connectivity index is 1.71. The summed E-state index contributed by atoms with van der Waals surface area (Å²) >= 11 is 0. The molecule has 0 atom stereocenters. The summed E-state index contributed by atoms with van der Waals surface area (Å²) in [5.74, 6) is -1.02. The highest BCUT2D eigenvalue weighted by Crippen LogP contribution is 2.17. The van der Waals surface area contributed by atoms with E-state index < -0.39 is 11.8 Å². The number of carbonyl (C=O) groups is 3. The smallest absolute Gasteiger partial charge is 0.319 e. The summed E-state index contributed by atoms with van der Waals surface area (Å²) in [6, 6.07) is 8.88. The first-order valence-electron chi connectivity index (χ1n) is 8.08. The van der Waals surface area contributed by atoms with Gasteiger partial charge in [-0.3, -0.25) is 9.59 Å². The molecule has 1 aromatic carbocycles. The van der Waals surface area contributed by atoms with Crippen LogP contribution in [0.2, 0.25) is 0 Å². The largest absolute Gasteiger partial charge is 0.348 e. The van der Waals surface area contributed by atoms with Crippen LogP contribution in [0.25, 0.3) is 0 Å². The summed E-state index contributed by atoms with van der Waals surface area (Å²) < 4.78 is 0. The molecule has 0 bridgehead atoms. The zero-order valence-corrected chi connectivity index (χ0v) is 14.1. The molecular weight excluding hydrogens is 308 g/mol. The molecule has 7 heteroatoms. The van der Waals surface area contributed by atoms with E-state index in [4.69, 9.17) is 0 Å². The third kappa shape index (κ3) is 4.97. The topological polar surface area (TPSA) is 81.8 Å². The standard InChI is InChI=1S/C17H24N4O3/c1-20(2)17(24)21-10-8-13(9-11-21)12-18-15(22)16(23)19-14-6-4-3-5-7-14/h3-7,13H,8-12H2,1-2H3,(H,18,22)(H,19,23). The second-order valence-electron chi connectivity index (χ2n) is 6.14. The van der Waals surface area contributed by atoms with E-state index in [1.165, 1.54) is 0 Å². The molecule has 0 spiro atoms. The molecule has 2 N–H and O–H groups in total. The van der Waals surface area contributed by atoms with E-state index in [9.17, 15) is 14.4 Å². The van der Waals surface area contributed by atoms with Crippen LogP contribution in [-0.4, -0.2) is 61.4 Å². The number of nitrogens with zero attached hydrogens (tertiary/aromatic N) is 2. The van der Waals surface area contributed by atoms with Crippen LogP contribution in [0, 0.1) is 5.92 Å². The first kappa shape index (κ1) is 17.8. The monoisotopic (exact) mass is 332 g/mol. The number of urea groups is 1. The van der Waals surface area contributed by atoms with E-state index in [1.807, 2.05) is 6.07 Å². The van der Waals surface area contributed by atoms with Gasteiger partial charge in [-0.25, -0.2) is 4.79 Å². The van der Waals surface area contributed by atoms with E-state index in [0.29, 0.717) is 25.3 Å². The molecule has 1 heterocycles. The van der Waals surface area contributed by atoms with Crippen LogP contribution in [0.5, 0.6) is 0 Å². The number of rotatable bonds is 3. The average molecular weight is 332 g/mol. The van der Waals surface area contributed by atoms with E-state index in [2.05, 4.69) is 10.6 Å². The fraction of sp³-hybridized carbons (Fsp3) is 0.471. The van der Waals surface area contributed by atoms with Crippen molar-refractivity contribution < 1.29 is 14.4 Å². The number of para-hydroxylation sites is 1. The molecule has 2 rings (SSSR count). The summed E-state index contributed by atoms with van der Waals surface area (Å²) in [7, 11) is 3.47. The highest BCUT2D eigenvalue weighted by molar-refractivity contribution is 6.39. The Kier molecular flexibility index (Phi) is 6.17. The first-order valence-corrected chi connectivity index (χ1v) is 8.08. The highest BCUT2D eigenvalue weighted by Gasteiger charge is 2.24. The molecule has 0 aliphatic carbocycles. The third-order valence-corrected chi connectivity index (χ3v) is 4.06. The molecule has 4 amide bonds. The van der Waals surface area contributed by atoms with Crippen molar-refractivity contribution in [3.63, 3.8) is 0 Å². The SMILES string of the molecule is CN(C)C(=O)N1CCC(CNC(=O)C(=O)Nc2ccccc2)CC1. The number of hydrogen-bond donors (Lipinski definition) is 2. The minimum absolute atomic E-state index is 0.0136. The summed E-state index contributed by atoms with van der Waals surface area (Å²) in [4.78, 5) is 38.9. The van der Waals surface area contributed by atoms with Crippen LogP contribution in [-0.2, 0) is 9.59 Å². The molecule has 24 heavy (non-hydrogen) atoms. The molecule has 0 saturated carbocycles. The second kappa shape index (κ2) is 8.33. The van der Waals surface area contributed by atoms with Gasteiger partial charge in [0.05, 0.1) is 0 Å². The number of hydrogen-bond acceptors (Lipinski definition) is 3. The number of nitrogens with one attached hydrogen (secondary N) is 2. The van der Waals surface area contributed by atoms with Crippen molar-refractivity contribution in [3.05, 3.63) is 30.3 Å². The van der Waals surface area contributed by atoms with Crippen LogP contribution >= 0.6 is 0 Å². The second-order valence-corrected chi connectivity index (χ2v) is 6.14. The normalized spacial score (nSPS) is 14.8. The van der Waals surface area contributed by atoms with Gasteiger partial charge in [0.2, 0.25) is 0 Å². The van der Waals surface area contributed by atoms with E-state index in [0.717, 1.165) is 12.8 Å². The van der Waals surface area contributed by atoms with Gasteiger partial charge in [-0.2, -0.15) is 0 Å². The fourth-order valence-electron chi connectivity index (χ4n) is 2.64. The highest BCUT2D eigenvalue weighted by atomic mass is 16.2. The molecule has 0 radical (unpaired) electrons. The predicted molar refractivity (Wildman–Crippen MR) is 91.5 cm³/mol. The minimum atomic E-state index is -0.665. The lowest BCUT2D eigenvalue weighted by molar-refractivity contribution is -0.136. The van der Waals surface area contributed by atoms with Crippen LogP contribution in [0.4, 0.5) is 10.5 Å². The molecule has 1 fully saturated rings. The van der Waals surface area contributed by atoms with Crippen molar-refractivity contribution in [3.8, 4) is 0 Å². The minimum Gasteiger partial charge on any atom is -0.348 e. The summed E-state index contributed by atoms with van der Waals surface area (Å²) in [6.45, 7) is 1.80. The molecule has 130 valence electrons. The van der Waals surface area contributed by atoms with Gasteiger partial charge in [-0.15, -0.1) is 0 Å². The maximum absolute atomic E-state index is 11.9.